The number of halogens is 1. The molecule has 0 atom stereocenters. The van der Waals surface area contributed by atoms with Crippen LogP contribution in [-0.2, 0) is 30.6 Å². The van der Waals surface area contributed by atoms with E-state index in [1.165, 1.54) is 33.0 Å². The quantitative estimate of drug-likeness (QED) is 0.473. The molecular weight excluding hydrogens is 435 g/mol. The van der Waals surface area contributed by atoms with Crippen LogP contribution in [0, 0.1) is 12.7 Å². The van der Waals surface area contributed by atoms with Gasteiger partial charge in [-0.25, -0.2) is 4.39 Å². The van der Waals surface area contributed by atoms with Crippen LogP contribution in [0.5, 0.6) is 0 Å². The van der Waals surface area contributed by atoms with E-state index in [0.717, 1.165) is 76.0 Å². The van der Waals surface area contributed by atoms with Crippen molar-refractivity contribution in [1.82, 2.24) is 9.80 Å². The Morgan fingerprint density at radius 1 is 1.24 bits per heavy atom. The van der Waals surface area contributed by atoms with Crippen LogP contribution in [0.15, 0.2) is 22.6 Å². The van der Waals surface area contributed by atoms with Gasteiger partial charge in [0.15, 0.2) is 0 Å². The molecule has 2 aliphatic heterocycles. The van der Waals surface area contributed by atoms with Gasteiger partial charge in [-0.05, 0) is 81.3 Å². The van der Waals surface area contributed by atoms with Crippen LogP contribution in [-0.4, -0.2) is 41.9 Å². The molecule has 0 spiro atoms. The smallest absolute Gasteiger partial charge is 0.219 e. The highest BCUT2D eigenvalue weighted by molar-refractivity contribution is 7.12. The number of hydrogen-bond acceptors (Lipinski definition) is 4. The maximum absolute atomic E-state index is 13.6. The summed E-state index contributed by atoms with van der Waals surface area (Å²) in [7, 11) is 0. The first-order valence-electron chi connectivity index (χ1n) is 12.2. The number of fused-ring (bicyclic) bond motifs is 2. The Hall–Kier alpha value is -2.18. The Balaban J connectivity index is 1.22. The second-order valence-electron chi connectivity index (χ2n) is 9.53. The van der Waals surface area contributed by atoms with Gasteiger partial charge in [-0.1, -0.05) is 6.92 Å². The third-order valence-corrected chi connectivity index (χ3v) is 8.89. The molecule has 3 aromatic rings. The van der Waals surface area contributed by atoms with Gasteiger partial charge in [-0.2, -0.15) is 0 Å². The van der Waals surface area contributed by atoms with Crippen molar-refractivity contribution < 1.29 is 13.6 Å². The number of benzene rings is 1. The van der Waals surface area contributed by atoms with E-state index in [0.29, 0.717) is 11.5 Å². The van der Waals surface area contributed by atoms with Gasteiger partial charge in [0.1, 0.15) is 17.2 Å². The van der Waals surface area contributed by atoms with E-state index in [-0.39, 0.29) is 11.7 Å². The SMILES string of the molecule is CCc1c(CCN2CCC(c3c(C)oc4cc(F)ccc34)CC2)sc2c1CCN(C(C)=O)C2. The first-order chi connectivity index (χ1) is 15.9. The lowest BCUT2D eigenvalue weighted by Crippen LogP contribution is -2.34. The lowest BCUT2D eigenvalue weighted by atomic mass is 9.87. The molecule has 0 N–H and O–H groups in total. The zero-order chi connectivity index (χ0) is 23.1. The molecule has 0 bridgehead atoms. The molecule has 1 saturated heterocycles. The van der Waals surface area contributed by atoms with Gasteiger partial charge < -0.3 is 14.2 Å². The number of amides is 1. The van der Waals surface area contributed by atoms with Gasteiger partial charge in [0, 0.05) is 46.8 Å². The fraction of sp³-hybridized carbons (Fsp3) is 0.519. The van der Waals surface area contributed by atoms with E-state index in [1.807, 2.05) is 29.2 Å². The molecular formula is C27H33FN2O2S. The highest BCUT2D eigenvalue weighted by Gasteiger charge is 2.27. The first kappa shape index (κ1) is 22.6. The second kappa shape index (κ2) is 9.22. The van der Waals surface area contributed by atoms with Gasteiger partial charge in [0.2, 0.25) is 5.91 Å². The standard InChI is InChI=1S/C27H33FN2O2S/c1-4-21-22-9-14-30(18(3)31)16-26(22)33-25(21)10-13-29-11-7-19(8-12-29)27-17(2)32-24-15-20(28)5-6-23(24)27/h5-6,15,19H,4,7-14,16H2,1-3H3. The molecule has 2 aromatic heterocycles. The summed E-state index contributed by atoms with van der Waals surface area (Å²) < 4.78 is 19.5. The number of nitrogens with zero attached hydrogens (tertiary/aromatic N) is 2. The van der Waals surface area contributed by atoms with Gasteiger partial charge in [-0.15, -0.1) is 11.3 Å². The van der Waals surface area contributed by atoms with Crippen molar-refractivity contribution in [2.24, 2.45) is 0 Å². The van der Waals surface area contributed by atoms with Gasteiger partial charge in [0.05, 0.1) is 6.54 Å². The summed E-state index contributed by atoms with van der Waals surface area (Å²) in [6, 6.07) is 4.92. The fourth-order valence-electron chi connectivity index (χ4n) is 5.83. The number of piperidine rings is 1. The minimum Gasteiger partial charge on any atom is -0.461 e. The average molecular weight is 469 g/mol. The summed E-state index contributed by atoms with van der Waals surface area (Å²) in [5, 5.41) is 1.07. The van der Waals surface area contributed by atoms with Crippen molar-refractivity contribution in [2.45, 2.75) is 65.3 Å². The molecule has 2 aliphatic rings. The Labute approximate surface area is 199 Å². The molecule has 0 saturated carbocycles. The Kier molecular flexibility index (Phi) is 6.32. The van der Waals surface area contributed by atoms with E-state index in [9.17, 15) is 9.18 Å². The molecule has 1 fully saturated rings. The minimum absolute atomic E-state index is 0.183. The molecule has 4 nitrogen and oxygen atoms in total. The van der Waals surface area contributed by atoms with Crippen LogP contribution in [0.25, 0.3) is 11.0 Å². The van der Waals surface area contributed by atoms with E-state index >= 15 is 0 Å². The van der Waals surface area contributed by atoms with Crippen LogP contribution in [0.3, 0.4) is 0 Å². The lowest BCUT2D eigenvalue weighted by molar-refractivity contribution is -0.129. The van der Waals surface area contributed by atoms with Gasteiger partial charge in [0.25, 0.3) is 0 Å². The normalized spacial score (nSPS) is 17.6. The molecule has 33 heavy (non-hydrogen) atoms. The molecule has 6 heteroatoms. The highest BCUT2D eigenvalue weighted by Crippen LogP contribution is 2.38. The van der Waals surface area contributed by atoms with Crippen LogP contribution in [0.1, 0.15) is 64.8 Å². The third kappa shape index (κ3) is 4.35. The van der Waals surface area contributed by atoms with Crippen molar-refractivity contribution in [3.05, 3.63) is 56.2 Å². The van der Waals surface area contributed by atoms with Gasteiger partial charge >= 0.3 is 0 Å². The van der Waals surface area contributed by atoms with E-state index in [2.05, 4.69) is 11.8 Å². The van der Waals surface area contributed by atoms with Crippen molar-refractivity contribution in [1.29, 1.82) is 0 Å². The van der Waals surface area contributed by atoms with E-state index in [4.69, 9.17) is 4.42 Å². The van der Waals surface area contributed by atoms with Crippen molar-refractivity contribution in [3.8, 4) is 0 Å². The predicted molar refractivity (Wildman–Crippen MR) is 132 cm³/mol. The van der Waals surface area contributed by atoms with Gasteiger partial charge in [-0.3, -0.25) is 4.79 Å². The molecule has 1 aromatic carbocycles. The summed E-state index contributed by atoms with van der Waals surface area (Å²) >= 11 is 1.94. The summed E-state index contributed by atoms with van der Waals surface area (Å²) in [5.74, 6) is 1.35. The number of thiophene rings is 1. The zero-order valence-electron chi connectivity index (χ0n) is 19.9. The topological polar surface area (TPSA) is 36.7 Å². The number of carbonyl (C=O) groups is 1. The van der Waals surface area contributed by atoms with Crippen LogP contribution in [0.4, 0.5) is 4.39 Å². The second-order valence-corrected chi connectivity index (χ2v) is 10.7. The molecule has 0 aliphatic carbocycles. The number of hydrogen-bond donors (Lipinski definition) is 0. The lowest BCUT2D eigenvalue weighted by Gasteiger charge is -2.32. The highest BCUT2D eigenvalue weighted by atomic mass is 32.1. The predicted octanol–water partition coefficient (Wildman–Crippen LogP) is 5.83. The number of furan rings is 1. The zero-order valence-corrected chi connectivity index (χ0v) is 20.7. The molecule has 176 valence electrons. The fourth-order valence-corrected chi connectivity index (χ4v) is 7.28. The van der Waals surface area contributed by atoms with Crippen LogP contribution in [0.2, 0.25) is 0 Å². The van der Waals surface area contributed by atoms with E-state index in [1.54, 1.807) is 12.5 Å². The summed E-state index contributed by atoms with van der Waals surface area (Å²) in [4.78, 5) is 19.3. The Morgan fingerprint density at radius 2 is 2.03 bits per heavy atom. The summed E-state index contributed by atoms with van der Waals surface area (Å²) in [5.41, 5.74) is 5.01. The number of aryl methyl sites for hydroxylation is 1. The molecule has 4 heterocycles. The number of likely N-dealkylation sites (tertiary alicyclic amines) is 1. The maximum Gasteiger partial charge on any atom is 0.219 e. The van der Waals surface area contributed by atoms with Crippen molar-refractivity contribution in [3.63, 3.8) is 0 Å². The minimum atomic E-state index is -0.242. The number of rotatable bonds is 5. The van der Waals surface area contributed by atoms with Crippen molar-refractivity contribution in [2.75, 3.05) is 26.2 Å². The number of carbonyl (C=O) groups excluding carboxylic acids is 1. The Morgan fingerprint density at radius 3 is 2.76 bits per heavy atom. The summed E-state index contributed by atoms with van der Waals surface area (Å²) in [6.45, 7) is 10.9. The van der Waals surface area contributed by atoms with E-state index < -0.39 is 0 Å². The largest absolute Gasteiger partial charge is 0.461 e. The average Bonchev–Trinajstić information content (AvgIpc) is 3.32. The van der Waals surface area contributed by atoms with Crippen LogP contribution >= 0.6 is 11.3 Å². The monoisotopic (exact) mass is 468 g/mol. The molecule has 1 amide bonds. The third-order valence-electron chi connectivity index (χ3n) is 7.58. The molecule has 0 unspecified atom stereocenters. The van der Waals surface area contributed by atoms with Crippen LogP contribution < -0.4 is 0 Å². The summed E-state index contributed by atoms with van der Waals surface area (Å²) in [6.07, 6.45) is 5.40. The first-order valence-corrected chi connectivity index (χ1v) is 13.0. The van der Waals surface area contributed by atoms with Crippen molar-refractivity contribution >= 4 is 28.2 Å². The Bertz CT molecular complexity index is 1170. The molecule has 5 rings (SSSR count). The molecule has 0 radical (unpaired) electrons. The maximum atomic E-state index is 13.6.